The van der Waals surface area contributed by atoms with Crippen molar-refractivity contribution in [2.75, 3.05) is 13.7 Å². The van der Waals surface area contributed by atoms with Crippen LogP contribution >= 0.6 is 27.3 Å². The van der Waals surface area contributed by atoms with Crippen LogP contribution in [0.2, 0.25) is 0 Å². The van der Waals surface area contributed by atoms with Gasteiger partial charge >= 0.3 is 0 Å². The third-order valence-electron chi connectivity index (χ3n) is 2.82. The van der Waals surface area contributed by atoms with E-state index in [0.717, 1.165) is 34.6 Å². The first kappa shape index (κ1) is 15.4. The maximum absolute atomic E-state index is 5.59. The molecule has 0 spiro atoms. The lowest BCUT2D eigenvalue weighted by Crippen LogP contribution is -2.12. The Morgan fingerprint density at radius 2 is 2.05 bits per heavy atom. The summed E-state index contributed by atoms with van der Waals surface area (Å²) < 4.78 is 11.9. The van der Waals surface area contributed by atoms with E-state index in [1.165, 1.54) is 5.56 Å². The molecular formula is C15H18BrNO2S. The van der Waals surface area contributed by atoms with Crippen LogP contribution in [0, 0.1) is 0 Å². The Kier molecular flexibility index (Phi) is 5.88. The summed E-state index contributed by atoms with van der Waals surface area (Å²) in [6, 6.07) is 6.21. The van der Waals surface area contributed by atoms with Crippen molar-refractivity contribution >= 4 is 27.3 Å². The van der Waals surface area contributed by atoms with Gasteiger partial charge in [-0.3, -0.25) is 0 Å². The number of benzene rings is 1. The summed E-state index contributed by atoms with van der Waals surface area (Å²) in [6.07, 6.45) is 0. The molecule has 5 heteroatoms. The topological polar surface area (TPSA) is 30.5 Å². The van der Waals surface area contributed by atoms with Crippen LogP contribution in [0.5, 0.6) is 11.5 Å². The zero-order valence-electron chi connectivity index (χ0n) is 11.6. The van der Waals surface area contributed by atoms with Crippen molar-refractivity contribution < 1.29 is 9.47 Å². The Bertz CT molecular complexity index is 543. The Balaban J connectivity index is 2.02. The van der Waals surface area contributed by atoms with Crippen molar-refractivity contribution in [3.05, 3.63) is 44.6 Å². The normalized spacial score (nSPS) is 10.6. The fourth-order valence-electron chi connectivity index (χ4n) is 1.90. The molecule has 1 heterocycles. The Morgan fingerprint density at radius 3 is 2.70 bits per heavy atom. The average molecular weight is 356 g/mol. The molecule has 1 aromatic heterocycles. The molecule has 3 nitrogen and oxygen atoms in total. The van der Waals surface area contributed by atoms with E-state index in [9.17, 15) is 0 Å². The number of hydrogen-bond donors (Lipinski definition) is 1. The Labute approximate surface area is 132 Å². The van der Waals surface area contributed by atoms with Crippen LogP contribution in [0.3, 0.4) is 0 Å². The molecule has 0 saturated heterocycles. The van der Waals surface area contributed by atoms with E-state index in [1.807, 2.05) is 13.0 Å². The molecule has 20 heavy (non-hydrogen) atoms. The van der Waals surface area contributed by atoms with E-state index in [4.69, 9.17) is 9.47 Å². The minimum absolute atomic E-state index is 0.616. The average Bonchev–Trinajstić information content (AvgIpc) is 2.94. The third-order valence-corrected chi connectivity index (χ3v) is 4.14. The molecule has 0 bridgehead atoms. The molecule has 0 amide bonds. The minimum atomic E-state index is 0.616. The van der Waals surface area contributed by atoms with E-state index in [0.29, 0.717) is 6.61 Å². The smallest absolute Gasteiger partial charge is 0.175 e. The van der Waals surface area contributed by atoms with Gasteiger partial charge in [-0.15, -0.1) is 0 Å². The highest BCUT2D eigenvalue weighted by Crippen LogP contribution is 2.36. The molecular weight excluding hydrogens is 338 g/mol. The summed E-state index contributed by atoms with van der Waals surface area (Å²) >= 11 is 5.26. The van der Waals surface area contributed by atoms with Crippen LogP contribution in [-0.4, -0.2) is 13.7 Å². The van der Waals surface area contributed by atoms with Crippen LogP contribution < -0.4 is 14.8 Å². The van der Waals surface area contributed by atoms with Crippen molar-refractivity contribution in [1.29, 1.82) is 0 Å². The van der Waals surface area contributed by atoms with Crippen molar-refractivity contribution in [3.63, 3.8) is 0 Å². The lowest BCUT2D eigenvalue weighted by molar-refractivity contribution is 0.308. The van der Waals surface area contributed by atoms with Gasteiger partial charge in [0.15, 0.2) is 11.5 Å². The first-order valence-corrected chi connectivity index (χ1v) is 8.19. The van der Waals surface area contributed by atoms with Crippen LogP contribution in [0.4, 0.5) is 0 Å². The third kappa shape index (κ3) is 3.98. The van der Waals surface area contributed by atoms with Gasteiger partial charge in [0.05, 0.1) is 18.2 Å². The number of thiophene rings is 1. The fourth-order valence-corrected chi connectivity index (χ4v) is 3.18. The SMILES string of the molecule is CCOc1c(Br)cc(CNCc2ccsc2)cc1OC. The van der Waals surface area contributed by atoms with E-state index in [1.54, 1.807) is 18.4 Å². The summed E-state index contributed by atoms with van der Waals surface area (Å²) in [5.41, 5.74) is 2.47. The van der Waals surface area contributed by atoms with Crippen LogP contribution in [-0.2, 0) is 13.1 Å². The number of halogens is 1. The molecule has 1 aromatic carbocycles. The van der Waals surface area contributed by atoms with Gasteiger partial charge in [-0.1, -0.05) is 0 Å². The molecule has 2 rings (SSSR count). The van der Waals surface area contributed by atoms with Crippen LogP contribution in [0.1, 0.15) is 18.1 Å². The predicted molar refractivity (Wildman–Crippen MR) is 86.7 cm³/mol. The largest absolute Gasteiger partial charge is 0.493 e. The van der Waals surface area contributed by atoms with Crippen molar-refractivity contribution in [2.24, 2.45) is 0 Å². The Morgan fingerprint density at radius 1 is 1.25 bits per heavy atom. The molecule has 0 saturated carbocycles. The van der Waals surface area contributed by atoms with Gasteiger partial charge in [0.1, 0.15) is 0 Å². The number of nitrogens with one attached hydrogen (secondary N) is 1. The zero-order chi connectivity index (χ0) is 14.4. The molecule has 0 unspecified atom stereocenters. The van der Waals surface area contributed by atoms with Gasteiger partial charge in [0.25, 0.3) is 0 Å². The summed E-state index contributed by atoms with van der Waals surface area (Å²) in [7, 11) is 1.66. The molecule has 0 atom stereocenters. The minimum Gasteiger partial charge on any atom is -0.493 e. The second kappa shape index (κ2) is 7.67. The van der Waals surface area contributed by atoms with Gasteiger partial charge in [0, 0.05) is 13.1 Å². The molecule has 0 aliphatic rings. The van der Waals surface area contributed by atoms with Gasteiger partial charge < -0.3 is 14.8 Å². The molecule has 0 fully saturated rings. The van der Waals surface area contributed by atoms with Crippen molar-refractivity contribution in [3.8, 4) is 11.5 Å². The lowest BCUT2D eigenvalue weighted by Gasteiger charge is -2.13. The van der Waals surface area contributed by atoms with E-state index in [-0.39, 0.29) is 0 Å². The summed E-state index contributed by atoms with van der Waals surface area (Å²) in [4.78, 5) is 0. The molecule has 0 aliphatic heterocycles. The van der Waals surface area contributed by atoms with Gasteiger partial charge in [-0.2, -0.15) is 11.3 Å². The maximum atomic E-state index is 5.59. The summed E-state index contributed by atoms with van der Waals surface area (Å²) in [5, 5.41) is 7.67. The quantitative estimate of drug-likeness (QED) is 0.806. The second-order valence-corrected chi connectivity index (χ2v) is 5.91. The van der Waals surface area contributed by atoms with Gasteiger partial charge in [-0.05, 0) is 62.9 Å². The lowest BCUT2D eigenvalue weighted by atomic mass is 10.2. The second-order valence-electron chi connectivity index (χ2n) is 4.28. The predicted octanol–water partition coefficient (Wildman–Crippen LogP) is 4.21. The highest BCUT2D eigenvalue weighted by molar-refractivity contribution is 9.10. The highest BCUT2D eigenvalue weighted by Gasteiger charge is 2.11. The monoisotopic (exact) mass is 355 g/mol. The number of rotatable bonds is 7. The molecule has 1 N–H and O–H groups in total. The standard InChI is InChI=1S/C15H18BrNO2S/c1-3-19-15-13(16)6-12(7-14(15)18-2)9-17-8-11-4-5-20-10-11/h4-7,10,17H,3,8-9H2,1-2H3. The van der Waals surface area contributed by atoms with Crippen LogP contribution in [0.15, 0.2) is 33.4 Å². The number of hydrogen-bond acceptors (Lipinski definition) is 4. The van der Waals surface area contributed by atoms with E-state index < -0.39 is 0 Å². The molecule has 108 valence electrons. The molecule has 0 aliphatic carbocycles. The first-order valence-electron chi connectivity index (χ1n) is 6.45. The van der Waals surface area contributed by atoms with Gasteiger partial charge in [-0.25, -0.2) is 0 Å². The van der Waals surface area contributed by atoms with Gasteiger partial charge in [0.2, 0.25) is 0 Å². The van der Waals surface area contributed by atoms with Crippen molar-refractivity contribution in [2.45, 2.75) is 20.0 Å². The fraction of sp³-hybridized carbons (Fsp3) is 0.333. The molecule has 2 aromatic rings. The van der Waals surface area contributed by atoms with Crippen LogP contribution in [0.25, 0.3) is 0 Å². The Hall–Kier alpha value is -1.04. The molecule has 0 radical (unpaired) electrons. The summed E-state index contributed by atoms with van der Waals surface area (Å²) in [6.45, 7) is 4.24. The number of methoxy groups -OCH3 is 1. The van der Waals surface area contributed by atoms with Crippen molar-refractivity contribution in [1.82, 2.24) is 5.32 Å². The number of ether oxygens (including phenoxy) is 2. The maximum Gasteiger partial charge on any atom is 0.175 e. The van der Waals surface area contributed by atoms with E-state index >= 15 is 0 Å². The van der Waals surface area contributed by atoms with E-state index in [2.05, 4.69) is 44.1 Å². The first-order chi connectivity index (χ1) is 9.74. The highest BCUT2D eigenvalue weighted by atomic mass is 79.9. The summed E-state index contributed by atoms with van der Waals surface area (Å²) in [5.74, 6) is 1.52. The zero-order valence-corrected chi connectivity index (χ0v) is 14.0.